The summed E-state index contributed by atoms with van der Waals surface area (Å²) in [5.41, 5.74) is 0.677. The van der Waals surface area contributed by atoms with E-state index in [1.807, 2.05) is 18.2 Å². The normalized spacial score (nSPS) is 10.1. The van der Waals surface area contributed by atoms with Crippen LogP contribution in [0, 0.1) is 0 Å². The number of nitrogens with one attached hydrogen (secondary N) is 2. The van der Waals surface area contributed by atoms with E-state index in [1.54, 1.807) is 30.3 Å². The minimum atomic E-state index is -0.610. The largest absolute Gasteiger partial charge is 0.497 e. The quantitative estimate of drug-likeness (QED) is 0.724. The highest BCUT2D eigenvalue weighted by molar-refractivity contribution is 5.99. The fraction of sp³-hybridized carbons (Fsp3) is 0.105. The van der Waals surface area contributed by atoms with Gasteiger partial charge in [-0.25, -0.2) is 9.78 Å². The number of rotatable bonds is 5. The lowest BCUT2D eigenvalue weighted by atomic mass is 10.3. The van der Waals surface area contributed by atoms with E-state index in [0.717, 1.165) is 0 Å². The molecule has 0 spiro atoms. The number of urea groups is 1. The van der Waals surface area contributed by atoms with Crippen molar-refractivity contribution in [1.29, 1.82) is 0 Å². The van der Waals surface area contributed by atoms with Gasteiger partial charge in [0.05, 0.1) is 14.2 Å². The van der Waals surface area contributed by atoms with Crippen LogP contribution in [0.15, 0.2) is 65.7 Å². The number of anilines is 2. The summed E-state index contributed by atoms with van der Waals surface area (Å²) in [5, 5.41) is 5.10. The zero-order valence-electron chi connectivity index (χ0n) is 14.8. The predicted molar refractivity (Wildman–Crippen MR) is 102 cm³/mol. The van der Waals surface area contributed by atoms with Crippen LogP contribution in [0.2, 0.25) is 0 Å². The van der Waals surface area contributed by atoms with Crippen molar-refractivity contribution in [3.05, 3.63) is 71.3 Å². The second-order valence-electron chi connectivity index (χ2n) is 5.47. The lowest BCUT2D eigenvalue weighted by Crippen LogP contribution is -2.28. The Hall–Kier alpha value is -3.81. The van der Waals surface area contributed by atoms with E-state index in [-0.39, 0.29) is 5.82 Å². The van der Waals surface area contributed by atoms with E-state index in [1.165, 1.54) is 31.2 Å². The molecule has 0 saturated heterocycles. The zero-order valence-corrected chi connectivity index (χ0v) is 14.8. The maximum atomic E-state index is 12.6. The number of hydrogen-bond donors (Lipinski definition) is 2. The molecule has 8 nitrogen and oxygen atoms in total. The molecule has 0 radical (unpaired) electrons. The minimum Gasteiger partial charge on any atom is -0.497 e. The molecule has 0 saturated carbocycles. The van der Waals surface area contributed by atoms with Crippen LogP contribution < -0.4 is 25.7 Å². The van der Waals surface area contributed by atoms with Crippen molar-refractivity contribution in [3.63, 3.8) is 0 Å². The molecule has 0 aliphatic carbocycles. The van der Waals surface area contributed by atoms with Crippen LogP contribution in [0.25, 0.3) is 5.69 Å². The Labute approximate surface area is 155 Å². The molecular weight excluding hydrogens is 348 g/mol. The molecule has 3 rings (SSSR count). The van der Waals surface area contributed by atoms with E-state index in [4.69, 9.17) is 9.47 Å². The standard InChI is InChI=1S/C19H18N4O4/c1-26-15-10-13(11-16(12-15)27-2)21-19(25)22-17-18(24)23(9-8-20-17)14-6-4-3-5-7-14/h3-12H,1-2H3,(H2,20,21,22,25). The molecule has 27 heavy (non-hydrogen) atoms. The molecule has 0 aliphatic rings. The fourth-order valence-corrected chi connectivity index (χ4v) is 2.44. The molecule has 0 atom stereocenters. The first-order chi connectivity index (χ1) is 13.1. The Morgan fingerprint density at radius 2 is 1.67 bits per heavy atom. The van der Waals surface area contributed by atoms with Crippen LogP contribution in [0.3, 0.4) is 0 Å². The van der Waals surface area contributed by atoms with Gasteiger partial charge in [-0.2, -0.15) is 0 Å². The van der Waals surface area contributed by atoms with Gasteiger partial charge in [-0.15, -0.1) is 0 Å². The van der Waals surface area contributed by atoms with Crippen molar-refractivity contribution in [1.82, 2.24) is 9.55 Å². The summed E-state index contributed by atoms with van der Waals surface area (Å²) in [4.78, 5) is 28.8. The molecule has 1 heterocycles. The number of methoxy groups -OCH3 is 2. The Morgan fingerprint density at radius 1 is 1.00 bits per heavy atom. The van der Waals surface area contributed by atoms with Gasteiger partial charge in [0.25, 0.3) is 5.56 Å². The number of carbonyl (C=O) groups excluding carboxylic acids is 1. The number of aromatic nitrogens is 2. The number of ether oxygens (including phenoxy) is 2. The van der Waals surface area contributed by atoms with Crippen LogP contribution in [-0.4, -0.2) is 29.8 Å². The van der Waals surface area contributed by atoms with Crippen LogP contribution in [0.1, 0.15) is 0 Å². The third-order valence-electron chi connectivity index (χ3n) is 3.72. The SMILES string of the molecule is COc1cc(NC(=O)Nc2nccn(-c3ccccc3)c2=O)cc(OC)c1. The number of amides is 2. The highest BCUT2D eigenvalue weighted by Crippen LogP contribution is 2.25. The molecule has 138 valence electrons. The van der Waals surface area contributed by atoms with E-state index >= 15 is 0 Å². The molecule has 2 amide bonds. The maximum Gasteiger partial charge on any atom is 0.325 e. The van der Waals surface area contributed by atoms with Crippen molar-refractivity contribution in [2.24, 2.45) is 0 Å². The van der Waals surface area contributed by atoms with Crippen LogP contribution in [0.4, 0.5) is 16.3 Å². The summed E-state index contributed by atoms with van der Waals surface area (Å²) in [5.74, 6) is 0.955. The smallest absolute Gasteiger partial charge is 0.325 e. The molecule has 0 unspecified atom stereocenters. The zero-order chi connectivity index (χ0) is 19.2. The van der Waals surface area contributed by atoms with E-state index < -0.39 is 11.6 Å². The van der Waals surface area contributed by atoms with Gasteiger partial charge in [-0.1, -0.05) is 18.2 Å². The van der Waals surface area contributed by atoms with E-state index in [0.29, 0.717) is 22.9 Å². The molecule has 0 aliphatic heterocycles. The Kier molecular flexibility index (Phi) is 5.36. The highest BCUT2D eigenvalue weighted by Gasteiger charge is 2.11. The minimum absolute atomic E-state index is 0.0892. The summed E-state index contributed by atoms with van der Waals surface area (Å²) in [6.07, 6.45) is 2.98. The molecule has 2 aromatic carbocycles. The monoisotopic (exact) mass is 366 g/mol. The van der Waals surface area contributed by atoms with Gasteiger partial charge in [0.1, 0.15) is 11.5 Å². The van der Waals surface area contributed by atoms with E-state index in [9.17, 15) is 9.59 Å². The van der Waals surface area contributed by atoms with Crippen molar-refractivity contribution in [2.45, 2.75) is 0 Å². The fourth-order valence-electron chi connectivity index (χ4n) is 2.44. The summed E-state index contributed by atoms with van der Waals surface area (Å²) in [6, 6.07) is 13.4. The summed E-state index contributed by atoms with van der Waals surface area (Å²) < 4.78 is 11.7. The van der Waals surface area contributed by atoms with Crippen molar-refractivity contribution >= 4 is 17.5 Å². The average molecular weight is 366 g/mol. The van der Waals surface area contributed by atoms with Crippen molar-refractivity contribution < 1.29 is 14.3 Å². The molecule has 1 aromatic heterocycles. The lowest BCUT2D eigenvalue weighted by molar-refractivity contribution is 0.262. The summed E-state index contributed by atoms with van der Waals surface area (Å²) in [7, 11) is 3.02. The number of nitrogens with zero attached hydrogens (tertiary/aromatic N) is 2. The number of benzene rings is 2. The number of para-hydroxylation sites is 1. The van der Waals surface area contributed by atoms with Gasteiger partial charge in [0, 0.05) is 42.0 Å². The Bertz CT molecular complexity index is 980. The topological polar surface area (TPSA) is 94.5 Å². The number of hydrogen-bond acceptors (Lipinski definition) is 5. The molecule has 0 bridgehead atoms. The van der Waals surface area contributed by atoms with Crippen LogP contribution in [0.5, 0.6) is 11.5 Å². The average Bonchev–Trinajstić information content (AvgIpc) is 2.69. The third-order valence-corrected chi connectivity index (χ3v) is 3.72. The van der Waals surface area contributed by atoms with Crippen LogP contribution >= 0.6 is 0 Å². The first kappa shape index (κ1) is 18.0. The van der Waals surface area contributed by atoms with E-state index in [2.05, 4.69) is 15.6 Å². The molecule has 3 aromatic rings. The van der Waals surface area contributed by atoms with Gasteiger partial charge in [0.2, 0.25) is 5.82 Å². The Balaban J connectivity index is 1.80. The van der Waals surface area contributed by atoms with Gasteiger partial charge in [-0.05, 0) is 12.1 Å². The first-order valence-corrected chi connectivity index (χ1v) is 8.05. The van der Waals surface area contributed by atoms with Crippen molar-refractivity contribution in [3.8, 4) is 17.2 Å². The third kappa shape index (κ3) is 4.24. The molecule has 0 fully saturated rings. The second kappa shape index (κ2) is 8.05. The molecule has 8 heteroatoms. The molecular formula is C19H18N4O4. The lowest BCUT2D eigenvalue weighted by Gasteiger charge is -2.11. The second-order valence-corrected chi connectivity index (χ2v) is 5.47. The first-order valence-electron chi connectivity index (χ1n) is 8.05. The van der Waals surface area contributed by atoms with Gasteiger partial charge in [0.15, 0.2) is 0 Å². The van der Waals surface area contributed by atoms with Gasteiger partial charge in [-0.3, -0.25) is 14.7 Å². The van der Waals surface area contributed by atoms with Gasteiger partial charge < -0.3 is 14.8 Å². The highest BCUT2D eigenvalue weighted by atomic mass is 16.5. The molecule has 2 N–H and O–H groups in total. The van der Waals surface area contributed by atoms with Gasteiger partial charge >= 0.3 is 6.03 Å². The maximum absolute atomic E-state index is 12.6. The van der Waals surface area contributed by atoms with Crippen LogP contribution in [-0.2, 0) is 0 Å². The Morgan fingerprint density at radius 3 is 2.30 bits per heavy atom. The summed E-state index contributed by atoms with van der Waals surface area (Å²) in [6.45, 7) is 0. The summed E-state index contributed by atoms with van der Waals surface area (Å²) >= 11 is 0. The van der Waals surface area contributed by atoms with Crippen molar-refractivity contribution in [2.75, 3.05) is 24.9 Å². The number of carbonyl (C=O) groups is 1. The predicted octanol–water partition coefficient (Wildman–Crippen LogP) is 2.89.